The van der Waals surface area contributed by atoms with E-state index in [1.54, 1.807) is 12.1 Å². The van der Waals surface area contributed by atoms with E-state index in [1.807, 2.05) is 20.8 Å². The molecule has 0 amide bonds. The molecule has 0 aliphatic carbocycles. The summed E-state index contributed by atoms with van der Waals surface area (Å²) in [5, 5.41) is 0. The third-order valence-corrected chi connectivity index (χ3v) is 2.58. The van der Waals surface area contributed by atoms with E-state index >= 15 is 0 Å². The summed E-state index contributed by atoms with van der Waals surface area (Å²) in [4.78, 5) is 4.41. The molecule has 1 aromatic heterocycles. The summed E-state index contributed by atoms with van der Waals surface area (Å²) >= 11 is 0. The molecule has 0 saturated heterocycles. The van der Waals surface area contributed by atoms with Gasteiger partial charge in [-0.25, -0.2) is 9.37 Å². The minimum Gasteiger partial charge on any atom is -0.445 e. The summed E-state index contributed by atoms with van der Waals surface area (Å²) in [6.07, 6.45) is 0. The molecule has 0 spiro atoms. The predicted octanol–water partition coefficient (Wildman–Crippen LogP) is 3.49. The van der Waals surface area contributed by atoms with Gasteiger partial charge in [0.1, 0.15) is 17.3 Å². The van der Waals surface area contributed by atoms with E-state index < -0.39 is 5.82 Å². The SMILES string of the molecule is Cc1oc(C(C)C)nc1-c1ccc(F)c(N)c1. The summed E-state index contributed by atoms with van der Waals surface area (Å²) < 4.78 is 18.6. The van der Waals surface area contributed by atoms with Crippen molar-refractivity contribution in [3.63, 3.8) is 0 Å². The van der Waals surface area contributed by atoms with E-state index in [4.69, 9.17) is 10.2 Å². The number of halogens is 1. The monoisotopic (exact) mass is 234 g/mol. The second kappa shape index (κ2) is 4.20. The number of anilines is 1. The highest BCUT2D eigenvalue weighted by molar-refractivity contribution is 5.65. The Morgan fingerprint density at radius 1 is 1.35 bits per heavy atom. The van der Waals surface area contributed by atoms with Crippen molar-refractivity contribution in [2.24, 2.45) is 0 Å². The minimum absolute atomic E-state index is 0.121. The van der Waals surface area contributed by atoms with Gasteiger partial charge in [-0.05, 0) is 25.1 Å². The number of rotatable bonds is 2. The van der Waals surface area contributed by atoms with Crippen LogP contribution in [-0.2, 0) is 0 Å². The molecule has 0 radical (unpaired) electrons. The van der Waals surface area contributed by atoms with Crippen LogP contribution in [0.5, 0.6) is 0 Å². The Bertz CT molecular complexity index is 546. The van der Waals surface area contributed by atoms with E-state index in [2.05, 4.69) is 4.98 Å². The minimum atomic E-state index is -0.418. The largest absolute Gasteiger partial charge is 0.445 e. The maximum Gasteiger partial charge on any atom is 0.197 e. The first-order chi connectivity index (χ1) is 7.99. The molecule has 0 unspecified atom stereocenters. The van der Waals surface area contributed by atoms with Gasteiger partial charge in [-0.15, -0.1) is 0 Å². The molecule has 0 bridgehead atoms. The summed E-state index contributed by atoms with van der Waals surface area (Å²) in [5.74, 6) is 1.21. The molecule has 0 aliphatic heterocycles. The third kappa shape index (κ3) is 2.16. The molecular weight excluding hydrogens is 219 g/mol. The molecule has 3 nitrogen and oxygen atoms in total. The highest BCUT2D eigenvalue weighted by Gasteiger charge is 2.14. The van der Waals surface area contributed by atoms with Gasteiger partial charge in [0.25, 0.3) is 0 Å². The average Bonchev–Trinajstić information content (AvgIpc) is 2.65. The molecule has 1 heterocycles. The Labute approximate surface area is 99.5 Å². The molecule has 2 aromatic rings. The first-order valence-corrected chi connectivity index (χ1v) is 5.51. The molecule has 1 aromatic carbocycles. The van der Waals surface area contributed by atoms with Crippen molar-refractivity contribution in [2.75, 3.05) is 5.73 Å². The van der Waals surface area contributed by atoms with Gasteiger partial charge in [0.2, 0.25) is 0 Å². The Hall–Kier alpha value is -1.84. The zero-order chi connectivity index (χ0) is 12.6. The van der Waals surface area contributed by atoms with Crippen molar-refractivity contribution >= 4 is 5.69 Å². The topological polar surface area (TPSA) is 52.0 Å². The number of aromatic nitrogens is 1. The molecule has 17 heavy (non-hydrogen) atoms. The van der Waals surface area contributed by atoms with E-state index in [1.165, 1.54) is 6.07 Å². The second-order valence-corrected chi connectivity index (χ2v) is 4.35. The van der Waals surface area contributed by atoms with Crippen LogP contribution in [0.2, 0.25) is 0 Å². The Morgan fingerprint density at radius 2 is 2.06 bits per heavy atom. The normalized spacial score (nSPS) is 11.1. The lowest BCUT2D eigenvalue weighted by molar-refractivity contribution is 0.450. The van der Waals surface area contributed by atoms with Crippen LogP contribution in [0.1, 0.15) is 31.4 Å². The van der Waals surface area contributed by atoms with Crippen molar-refractivity contribution in [1.82, 2.24) is 4.98 Å². The molecule has 2 N–H and O–H groups in total. The first kappa shape index (κ1) is 11.6. The van der Waals surface area contributed by atoms with Gasteiger partial charge < -0.3 is 10.2 Å². The van der Waals surface area contributed by atoms with Crippen LogP contribution in [0.25, 0.3) is 11.3 Å². The number of benzene rings is 1. The van der Waals surface area contributed by atoms with Gasteiger partial charge in [0.05, 0.1) is 5.69 Å². The predicted molar refractivity (Wildman–Crippen MR) is 65.1 cm³/mol. The van der Waals surface area contributed by atoms with E-state index in [0.717, 1.165) is 17.0 Å². The van der Waals surface area contributed by atoms with Crippen LogP contribution in [0, 0.1) is 12.7 Å². The van der Waals surface area contributed by atoms with Crippen LogP contribution >= 0.6 is 0 Å². The number of hydrogen-bond acceptors (Lipinski definition) is 3. The van der Waals surface area contributed by atoms with Gasteiger partial charge in [0, 0.05) is 11.5 Å². The number of oxazole rings is 1. The molecule has 90 valence electrons. The van der Waals surface area contributed by atoms with Crippen molar-refractivity contribution in [2.45, 2.75) is 26.7 Å². The maximum absolute atomic E-state index is 13.1. The van der Waals surface area contributed by atoms with E-state index in [-0.39, 0.29) is 11.6 Å². The summed E-state index contributed by atoms with van der Waals surface area (Å²) in [6.45, 7) is 5.86. The Kier molecular flexibility index (Phi) is 2.88. The number of nitrogens with two attached hydrogens (primary N) is 1. The van der Waals surface area contributed by atoms with Gasteiger partial charge in [0.15, 0.2) is 5.89 Å². The summed E-state index contributed by atoms with van der Waals surface area (Å²) in [5.41, 5.74) is 7.16. The molecule has 2 rings (SSSR count). The molecule has 0 fully saturated rings. The number of nitrogen functional groups attached to an aromatic ring is 1. The lowest BCUT2D eigenvalue weighted by Gasteiger charge is -2.00. The maximum atomic E-state index is 13.1. The summed E-state index contributed by atoms with van der Waals surface area (Å²) in [7, 11) is 0. The Balaban J connectivity index is 2.49. The molecule has 0 atom stereocenters. The van der Waals surface area contributed by atoms with Crippen LogP contribution in [0.3, 0.4) is 0 Å². The quantitative estimate of drug-likeness (QED) is 0.809. The fourth-order valence-electron chi connectivity index (χ4n) is 1.62. The zero-order valence-corrected chi connectivity index (χ0v) is 10.1. The van der Waals surface area contributed by atoms with E-state index in [0.29, 0.717) is 5.89 Å². The van der Waals surface area contributed by atoms with Gasteiger partial charge in [-0.3, -0.25) is 0 Å². The van der Waals surface area contributed by atoms with Crippen LogP contribution in [-0.4, -0.2) is 4.98 Å². The van der Waals surface area contributed by atoms with E-state index in [9.17, 15) is 4.39 Å². The standard InChI is InChI=1S/C13H15FN2O/c1-7(2)13-16-12(8(3)17-13)9-4-5-10(14)11(15)6-9/h4-7H,15H2,1-3H3. The average molecular weight is 234 g/mol. The first-order valence-electron chi connectivity index (χ1n) is 5.51. The number of aryl methyl sites for hydroxylation is 1. The van der Waals surface area contributed by atoms with Gasteiger partial charge >= 0.3 is 0 Å². The van der Waals surface area contributed by atoms with Gasteiger partial charge in [-0.1, -0.05) is 13.8 Å². The molecule has 0 aliphatic rings. The molecule has 4 heteroatoms. The second-order valence-electron chi connectivity index (χ2n) is 4.35. The lowest BCUT2D eigenvalue weighted by atomic mass is 10.1. The van der Waals surface area contributed by atoms with Crippen LogP contribution < -0.4 is 5.73 Å². The van der Waals surface area contributed by atoms with Crippen molar-refractivity contribution in [1.29, 1.82) is 0 Å². The number of hydrogen-bond donors (Lipinski definition) is 1. The Morgan fingerprint density at radius 3 is 2.59 bits per heavy atom. The fraction of sp³-hybridized carbons (Fsp3) is 0.308. The van der Waals surface area contributed by atoms with Crippen molar-refractivity contribution < 1.29 is 8.81 Å². The van der Waals surface area contributed by atoms with Crippen molar-refractivity contribution in [3.8, 4) is 11.3 Å². The highest BCUT2D eigenvalue weighted by Crippen LogP contribution is 2.28. The van der Waals surface area contributed by atoms with Crippen molar-refractivity contribution in [3.05, 3.63) is 35.7 Å². The molecular formula is C13H15FN2O. The summed E-state index contributed by atoms with van der Waals surface area (Å²) in [6, 6.07) is 4.57. The van der Waals surface area contributed by atoms with Crippen LogP contribution in [0.4, 0.5) is 10.1 Å². The van der Waals surface area contributed by atoms with Gasteiger partial charge in [-0.2, -0.15) is 0 Å². The fourth-order valence-corrected chi connectivity index (χ4v) is 1.62. The zero-order valence-electron chi connectivity index (χ0n) is 10.1. The smallest absolute Gasteiger partial charge is 0.197 e. The lowest BCUT2D eigenvalue weighted by Crippen LogP contribution is -1.92. The highest BCUT2D eigenvalue weighted by atomic mass is 19.1. The molecule has 0 saturated carbocycles. The van der Waals surface area contributed by atoms with Crippen LogP contribution in [0.15, 0.2) is 22.6 Å². The number of nitrogens with zero attached hydrogens (tertiary/aromatic N) is 1. The third-order valence-electron chi connectivity index (χ3n) is 2.58.